The van der Waals surface area contributed by atoms with E-state index in [1.54, 1.807) is 11.0 Å². The van der Waals surface area contributed by atoms with E-state index in [4.69, 9.17) is 19.9 Å². The van der Waals surface area contributed by atoms with E-state index in [9.17, 15) is 19.5 Å². The van der Waals surface area contributed by atoms with Crippen molar-refractivity contribution in [3.05, 3.63) is 23.3 Å². The Bertz CT molecular complexity index is 1300. The van der Waals surface area contributed by atoms with Gasteiger partial charge in [0.2, 0.25) is 5.91 Å². The number of nitrogens with one attached hydrogen (secondary N) is 1. The Labute approximate surface area is 272 Å². The third-order valence-corrected chi connectivity index (χ3v) is 10.8. The Balaban J connectivity index is 1.12. The summed E-state index contributed by atoms with van der Waals surface area (Å²) in [5, 5.41) is 15.4. The van der Waals surface area contributed by atoms with E-state index in [2.05, 4.69) is 10.2 Å². The van der Waals surface area contributed by atoms with Crippen LogP contribution in [-0.2, 0) is 26.2 Å². The average molecular weight is 641 g/mol. The predicted molar refractivity (Wildman–Crippen MR) is 172 cm³/mol. The molecule has 1 spiro atoms. The van der Waals surface area contributed by atoms with Gasteiger partial charge in [-0.25, -0.2) is 4.79 Å². The van der Waals surface area contributed by atoms with Crippen molar-refractivity contribution in [2.24, 2.45) is 11.7 Å². The number of likely N-dealkylation sites (tertiary alicyclic amines) is 1. The van der Waals surface area contributed by atoms with Crippen LogP contribution in [0, 0.1) is 5.92 Å². The molecule has 1 saturated heterocycles. The number of nitrogens with zero attached hydrogens (tertiary/aromatic N) is 2. The highest BCUT2D eigenvalue weighted by molar-refractivity contribution is 5.90. The maximum absolute atomic E-state index is 13.6. The maximum Gasteiger partial charge on any atom is 0.415 e. The number of rotatable bonds is 16. The zero-order valence-corrected chi connectivity index (χ0v) is 27.6. The van der Waals surface area contributed by atoms with Gasteiger partial charge < -0.3 is 35.3 Å². The minimum absolute atomic E-state index is 0.00849. The lowest BCUT2D eigenvalue weighted by molar-refractivity contribution is -0.188. The molecule has 5 aliphatic rings. The van der Waals surface area contributed by atoms with Gasteiger partial charge in [0.15, 0.2) is 23.4 Å². The SMILES string of the molecule is CC(C)OCCCCC(=O)NCCCN(CCCN)C(=O)Oc1ccc2c3c1O[C@H]1C(=O)CC[C@@]4(O)[C@@H](C2)N(CC2CC2)CC[C@]314. The average Bonchev–Trinajstić information content (AvgIpc) is 3.77. The molecule has 3 fully saturated rings. The molecule has 3 aliphatic carbocycles. The zero-order valence-electron chi connectivity index (χ0n) is 27.6. The second-order valence-electron chi connectivity index (χ2n) is 14.3. The standard InChI is InChI=1S/C35H52N4O7/c1-23(2)44-20-4-3-7-29(41)37-16-6-18-38(17-5-15-36)33(42)45-27-11-10-25-21-28-35(43)13-12-26(40)32-34(35,30(25)31(27)46-32)14-19-39(28)22-24-8-9-24/h10-11,23-24,28,32,43H,3-9,12-22,36H2,1-2H3,(H,37,41)/t28-,32+,34+,35-/m1/s1. The molecule has 254 valence electrons. The van der Waals surface area contributed by atoms with Crippen LogP contribution in [0.15, 0.2) is 12.1 Å². The number of hydrogen-bond acceptors (Lipinski definition) is 9. The molecule has 11 heteroatoms. The summed E-state index contributed by atoms with van der Waals surface area (Å²) in [4.78, 5) is 43.3. The van der Waals surface area contributed by atoms with Crippen molar-refractivity contribution in [3.63, 3.8) is 0 Å². The molecular weight excluding hydrogens is 588 g/mol. The molecule has 4 N–H and O–H groups in total. The summed E-state index contributed by atoms with van der Waals surface area (Å²) < 4.78 is 18.0. The maximum atomic E-state index is 13.6. The quantitative estimate of drug-likeness (QED) is 0.232. The molecule has 2 amide bonds. The van der Waals surface area contributed by atoms with Crippen molar-refractivity contribution in [1.29, 1.82) is 0 Å². The molecule has 4 atom stereocenters. The van der Waals surface area contributed by atoms with Gasteiger partial charge in [0, 0.05) is 57.2 Å². The number of carbonyl (C=O) groups excluding carboxylic acids is 3. The first kappa shape index (κ1) is 33.2. The van der Waals surface area contributed by atoms with Crippen molar-refractivity contribution >= 4 is 17.8 Å². The smallest absolute Gasteiger partial charge is 0.415 e. The van der Waals surface area contributed by atoms with Gasteiger partial charge in [0.05, 0.1) is 17.1 Å². The van der Waals surface area contributed by atoms with Gasteiger partial charge in [-0.3, -0.25) is 14.5 Å². The Morgan fingerprint density at radius 2 is 1.98 bits per heavy atom. The van der Waals surface area contributed by atoms with Gasteiger partial charge in [-0.2, -0.15) is 0 Å². The number of nitrogens with two attached hydrogens (primary N) is 1. The van der Waals surface area contributed by atoms with E-state index < -0.39 is 23.2 Å². The van der Waals surface area contributed by atoms with Gasteiger partial charge >= 0.3 is 6.09 Å². The van der Waals surface area contributed by atoms with Crippen LogP contribution >= 0.6 is 0 Å². The van der Waals surface area contributed by atoms with Crippen LogP contribution in [-0.4, -0.2) is 102 Å². The van der Waals surface area contributed by atoms with Gasteiger partial charge in [-0.05, 0) is 102 Å². The second kappa shape index (κ2) is 13.8. The summed E-state index contributed by atoms with van der Waals surface area (Å²) in [6, 6.07) is 3.72. The minimum atomic E-state index is -1.07. The molecule has 46 heavy (non-hydrogen) atoms. The monoisotopic (exact) mass is 640 g/mol. The number of piperidine rings is 1. The van der Waals surface area contributed by atoms with Gasteiger partial charge in [-0.1, -0.05) is 6.07 Å². The highest BCUT2D eigenvalue weighted by atomic mass is 16.6. The van der Waals surface area contributed by atoms with Crippen LogP contribution in [0.2, 0.25) is 0 Å². The third kappa shape index (κ3) is 6.28. The first-order valence-electron chi connectivity index (χ1n) is 17.5. The largest absolute Gasteiger partial charge is 0.477 e. The number of aliphatic hydroxyl groups is 1. The van der Waals surface area contributed by atoms with Crippen LogP contribution in [0.3, 0.4) is 0 Å². The predicted octanol–water partition coefficient (Wildman–Crippen LogP) is 3.07. The van der Waals surface area contributed by atoms with Gasteiger partial charge in [0.25, 0.3) is 0 Å². The molecule has 2 heterocycles. The molecule has 0 radical (unpaired) electrons. The lowest BCUT2D eigenvalue weighted by atomic mass is 9.49. The van der Waals surface area contributed by atoms with Crippen molar-refractivity contribution in [1.82, 2.24) is 15.1 Å². The second-order valence-corrected chi connectivity index (χ2v) is 14.3. The molecule has 1 aromatic rings. The fraction of sp³-hybridized carbons (Fsp3) is 0.743. The fourth-order valence-corrected chi connectivity index (χ4v) is 8.36. The van der Waals surface area contributed by atoms with Gasteiger partial charge in [-0.15, -0.1) is 0 Å². The van der Waals surface area contributed by atoms with Crippen LogP contribution in [0.25, 0.3) is 0 Å². The Morgan fingerprint density at radius 1 is 1.17 bits per heavy atom. The Morgan fingerprint density at radius 3 is 2.74 bits per heavy atom. The van der Waals surface area contributed by atoms with E-state index in [0.717, 1.165) is 37.1 Å². The number of unbranched alkanes of at least 4 members (excludes halogenated alkanes) is 1. The zero-order chi connectivity index (χ0) is 32.5. The van der Waals surface area contributed by atoms with Crippen molar-refractivity contribution in [2.45, 2.75) is 114 Å². The van der Waals surface area contributed by atoms with Gasteiger partial charge in [0.1, 0.15) is 0 Å². The topological polar surface area (TPSA) is 144 Å². The first-order valence-corrected chi connectivity index (χ1v) is 17.5. The molecule has 2 bridgehead atoms. The van der Waals surface area contributed by atoms with Crippen LogP contribution in [0.4, 0.5) is 4.79 Å². The lowest BCUT2D eigenvalue weighted by Gasteiger charge is -2.62. The molecule has 0 unspecified atom stereocenters. The highest BCUT2D eigenvalue weighted by Gasteiger charge is 2.73. The number of carbonyl (C=O) groups is 3. The molecule has 1 aromatic carbocycles. The molecular formula is C35H52N4O7. The highest BCUT2D eigenvalue weighted by Crippen LogP contribution is 2.65. The summed E-state index contributed by atoms with van der Waals surface area (Å²) in [5.74, 6) is 1.43. The molecule has 11 nitrogen and oxygen atoms in total. The molecule has 2 saturated carbocycles. The van der Waals surface area contributed by atoms with E-state index in [1.165, 1.54) is 12.8 Å². The number of ether oxygens (including phenoxy) is 3. The Hall–Kier alpha value is -2.73. The van der Waals surface area contributed by atoms with Crippen LogP contribution in [0.5, 0.6) is 11.5 Å². The van der Waals surface area contributed by atoms with E-state index >= 15 is 0 Å². The normalized spacial score (nSPS) is 27.7. The van der Waals surface area contributed by atoms with E-state index in [0.29, 0.717) is 83.0 Å². The molecule has 2 aliphatic heterocycles. The summed E-state index contributed by atoms with van der Waals surface area (Å²) in [6.45, 7) is 8.15. The van der Waals surface area contributed by atoms with Crippen molar-refractivity contribution in [3.8, 4) is 11.5 Å². The fourth-order valence-electron chi connectivity index (χ4n) is 8.36. The summed E-state index contributed by atoms with van der Waals surface area (Å²) in [7, 11) is 0. The van der Waals surface area contributed by atoms with Crippen molar-refractivity contribution < 1.29 is 33.7 Å². The van der Waals surface area contributed by atoms with Crippen LogP contribution in [0.1, 0.15) is 89.2 Å². The van der Waals surface area contributed by atoms with E-state index in [-0.39, 0.29) is 36.0 Å². The summed E-state index contributed by atoms with van der Waals surface area (Å²) in [5.41, 5.74) is 5.82. The number of hydrogen-bond donors (Lipinski definition) is 3. The third-order valence-electron chi connectivity index (χ3n) is 10.8. The minimum Gasteiger partial charge on any atom is -0.477 e. The lowest BCUT2D eigenvalue weighted by Crippen LogP contribution is -2.76. The molecule has 0 aromatic heterocycles. The molecule has 6 rings (SSSR count). The summed E-state index contributed by atoms with van der Waals surface area (Å²) >= 11 is 0. The van der Waals surface area contributed by atoms with E-state index in [1.807, 2.05) is 19.9 Å². The van der Waals surface area contributed by atoms with Crippen LogP contribution < -0.4 is 20.5 Å². The van der Waals surface area contributed by atoms with Crippen molar-refractivity contribution in [2.75, 3.05) is 45.9 Å². The first-order chi connectivity index (χ1) is 22.2. The number of ketones is 1. The number of Topliss-reactive ketones (excluding diaryl/α,β-unsaturated/α-hetero) is 1. The summed E-state index contributed by atoms with van der Waals surface area (Å²) in [6.07, 6.45) is 6.66. The number of amides is 2. The Kier molecular flexibility index (Phi) is 9.94. The number of benzene rings is 1.